The molecule has 0 saturated heterocycles. The first-order valence-electron chi connectivity index (χ1n) is 13.6. The molecule has 1 amide bonds. The highest BCUT2D eigenvalue weighted by Crippen LogP contribution is 2.35. The second-order valence-corrected chi connectivity index (χ2v) is 11.7. The van der Waals surface area contributed by atoms with Crippen LogP contribution in [0.4, 0.5) is 4.79 Å². The summed E-state index contributed by atoms with van der Waals surface area (Å²) in [4.78, 5) is 20.4. The van der Waals surface area contributed by atoms with Crippen LogP contribution < -0.4 is 14.8 Å². The average Bonchev–Trinajstić information content (AvgIpc) is 3.33. The van der Waals surface area contributed by atoms with E-state index < -0.39 is 5.60 Å². The molecule has 41 heavy (non-hydrogen) atoms. The number of rotatable bonds is 8. The van der Waals surface area contributed by atoms with Gasteiger partial charge >= 0.3 is 6.09 Å². The van der Waals surface area contributed by atoms with Crippen LogP contribution in [0.2, 0.25) is 0 Å². The zero-order valence-corrected chi connectivity index (χ0v) is 24.2. The van der Waals surface area contributed by atoms with Crippen LogP contribution in [0.1, 0.15) is 64.5 Å². The van der Waals surface area contributed by atoms with E-state index in [2.05, 4.69) is 63.6 Å². The number of nitrogens with zero attached hydrogens (tertiary/aromatic N) is 4. The highest BCUT2D eigenvalue weighted by atomic mass is 16.6. The Hall–Kier alpha value is -4.47. The smallest absolute Gasteiger partial charge is 0.407 e. The molecule has 0 unspecified atom stereocenters. The molecule has 5 rings (SSSR count). The second-order valence-electron chi connectivity index (χ2n) is 11.7. The van der Waals surface area contributed by atoms with Crippen molar-refractivity contribution < 1.29 is 23.4 Å². The van der Waals surface area contributed by atoms with E-state index in [9.17, 15) is 4.79 Å². The van der Waals surface area contributed by atoms with Gasteiger partial charge in [0.05, 0.1) is 12.4 Å². The first-order chi connectivity index (χ1) is 19.4. The minimum absolute atomic E-state index is 0.0750. The van der Waals surface area contributed by atoms with E-state index in [1.54, 1.807) is 19.3 Å². The number of amides is 1. The minimum Gasteiger partial charge on any atom is -0.490 e. The summed E-state index contributed by atoms with van der Waals surface area (Å²) < 4.78 is 22.7. The van der Waals surface area contributed by atoms with Gasteiger partial charge in [0.25, 0.3) is 5.89 Å². The second kappa shape index (κ2) is 11.2. The Labute approximate surface area is 239 Å². The van der Waals surface area contributed by atoms with Crippen LogP contribution in [-0.2, 0) is 10.2 Å². The van der Waals surface area contributed by atoms with Crippen molar-refractivity contribution in [3.8, 4) is 29.0 Å². The maximum Gasteiger partial charge on any atom is 0.407 e. The van der Waals surface area contributed by atoms with Crippen molar-refractivity contribution in [3.63, 3.8) is 0 Å². The Balaban J connectivity index is 1.13. The van der Waals surface area contributed by atoms with Gasteiger partial charge in [-0.2, -0.15) is 0 Å². The van der Waals surface area contributed by atoms with E-state index in [0.29, 0.717) is 23.2 Å². The summed E-state index contributed by atoms with van der Waals surface area (Å²) in [5.74, 6) is 3.07. The van der Waals surface area contributed by atoms with Crippen molar-refractivity contribution in [3.05, 3.63) is 77.9 Å². The fraction of sp³-hybridized carbons (Fsp3) is 0.387. The zero-order chi connectivity index (χ0) is 29.2. The van der Waals surface area contributed by atoms with Crippen molar-refractivity contribution in [2.24, 2.45) is 0 Å². The first-order valence-corrected chi connectivity index (χ1v) is 13.6. The molecule has 1 saturated carbocycles. The zero-order valence-electron chi connectivity index (χ0n) is 24.2. The van der Waals surface area contributed by atoms with Gasteiger partial charge in [-0.25, -0.2) is 14.8 Å². The lowest BCUT2D eigenvalue weighted by Crippen LogP contribution is -2.50. The molecule has 1 aliphatic carbocycles. The van der Waals surface area contributed by atoms with Crippen LogP contribution in [0.25, 0.3) is 11.7 Å². The number of benzene rings is 2. The summed E-state index contributed by atoms with van der Waals surface area (Å²) in [5, 5.41) is 10.6. The summed E-state index contributed by atoms with van der Waals surface area (Å²) in [5.41, 5.74) is 1.57. The molecule has 0 aliphatic heterocycles. The molecule has 0 bridgehead atoms. The number of aryl methyl sites for hydroxylation is 1. The summed E-state index contributed by atoms with van der Waals surface area (Å²) in [6.45, 7) is 11.6. The maximum absolute atomic E-state index is 11.9. The normalized spacial score (nSPS) is 16.9. The van der Waals surface area contributed by atoms with E-state index in [1.807, 2.05) is 45.0 Å². The molecule has 214 valence electrons. The number of hydrogen-bond acceptors (Lipinski definition) is 9. The third-order valence-electron chi connectivity index (χ3n) is 6.85. The molecule has 10 nitrogen and oxygen atoms in total. The Kier molecular flexibility index (Phi) is 7.66. The molecule has 1 N–H and O–H groups in total. The molecular formula is C31H35N5O5. The predicted octanol–water partition coefficient (Wildman–Crippen LogP) is 6.39. The van der Waals surface area contributed by atoms with E-state index in [1.165, 1.54) is 0 Å². The van der Waals surface area contributed by atoms with Crippen molar-refractivity contribution in [1.29, 1.82) is 0 Å². The minimum atomic E-state index is -0.505. The summed E-state index contributed by atoms with van der Waals surface area (Å²) in [7, 11) is 0. The summed E-state index contributed by atoms with van der Waals surface area (Å²) in [6, 6.07) is 16.3. The number of nitrogens with one attached hydrogen (secondary N) is 1. The monoisotopic (exact) mass is 557 g/mol. The fourth-order valence-corrected chi connectivity index (χ4v) is 4.51. The lowest BCUT2D eigenvalue weighted by Gasteiger charge is -2.36. The number of aromatic nitrogens is 4. The molecule has 1 aliphatic rings. The van der Waals surface area contributed by atoms with Crippen LogP contribution in [0, 0.1) is 6.92 Å². The molecular weight excluding hydrogens is 522 g/mol. The number of carbonyl (C=O) groups excluding carboxylic acids is 1. The fourth-order valence-electron chi connectivity index (χ4n) is 4.51. The van der Waals surface area contributed by atoms with E-state index in [4.69, 9.17) is 18.6 Å². The highest BCUT2D eigenvalue weighted by molar-refractivity contribution is 5.68. The van der Waals surface area contributed by atoms with Crippen molar-refractivity contribution in [2.75, 3.05) is 0 Å². The maximum atomic E-state index is 11.9. The standard InChI is InChI=1S/C31H35N5O5/c1-19-35-36-28(38-19)27-32-17-26(18-33-27)40-24-13-9-21(10-14-24)31(5,6)20-7-11-23(12-8-20)39-25-15-22(16-25)34-29(37)41-30(2,3)4/h7-14,17-18,22,25H,15-16H2,1-6H3,(H,34,37). The third kappa shape index (κ3) is 7.00. The van der Waals surface area contributed by atoms with Gasteiger partial charge in [0.2, 0.25) is 11.7 Å². The van der Waals surface area contributed by atoms with Gasteiger partial charge in [0, 0.05) is 31.2 Å². The molecule has 1 fully saturated rings. The Morgan fingerprint density at radius 3 is 1.98 bits per heavy atom. The molecule has 2 aromatic carbocycles. The quantitative estimate of drug-likeness (QED) is 0.263. The number of ether oxygens (including phenoxy) is 3. The van der Waals surface area contributed by atoms with Crippen LogP contribution >= 0.6 is 0 Å². The highest BCUT2D eigenvalue weighted by Gasteiger charge is 2.33. The van der Waals surface area contributed by atoms with Crippen molar-refractivity contribution in [1.82, 2.24) is 25.5 Å². The SMILES string of the molecule is Cc1nnc(-c2ncc(Oc3ccc(C(C)(C)c4ccc(OC5CC(NC(=O)OC(C)(C)C)C5)cc4)cc3)cn2)o1. The van der Waals surface area contributed by atoms with E-state index >= 15 is 0 Å². The van der Waals surface area contributed by atoms with Gasteiger partial charge < -0.3 is 23.9 Å². The third-order valence-corrected chi connectivity index (χ3v) is 6.85. The van der Waals surface area contributed by atoms with Crippen molar-refractivity contribution >= 4 is 6.09 Å². The van der Waals surface area contributed by atoms with Crippen LogP contribution in [0.15, 0.2) is 65.3 Å². The van der Waals surface area contributed by atoms with Gasteiger partial charge in [-0.15, -0.1) is 10.2 Å². The average molecular weight is 558 g/mol. The van der Waals surface area contributed by atoms with E-state index in [0.717, 1.165) is 29.7 Å². The molecule has 0 atom stereocenters. The molecule has 0 spiro atoms. The van der Waals surface area contributed by atoms with Crippen LogP contribution in [0.5, 0.6) is 17.2 Å². The molecule has 2 heterocycles. The molecule has 10 heteroatoms. The summed E-state index contributed by atoms with van der Waals surface area (Å²) >= 11 is 0. The van der Waals surface area contributed by atoms with Crippen molar-refractivity contribution in [2.45, 2.75) is 77.5 Å². The van der Waals surface area contributed by atoms with E-state index in [-0.39, 0.29) is 29.5 Å². The molecule has 0 radical (unpaired) electrons. The summed E-state index contributed by atoms with van der Waals surface area (Å²) in [6.07, 6.45) is 4.36. The Morgan fingerprint density at radius 2 is 1.44 bits per heavy atom. The number of alkyl carbamates (subject to hydrolysis) is 1. The van der Waals surface area contributed by atoms with Gasteiger partial charge in [-0.05, 0) is 56.2 Å². The Morgan fingerprint density at radius 1 is 0.854 bits per heavy atom. The lowest BCUT2D eigenvalue weighted by molar-refractivity contribution is 0.0363. The number of carbonyl (C=O) groups is 1. The predicted molar refractivity (Wildman–Crippen MR) is 152 cm³/mol. The lowest BCUT2D eigenvalue weighted by atomic mass is 9.78. The van der Waals surface area contributed by atoms with Gasteiger partial charge in [0.1, 0.15) is 23.2 Å². The molecule has 2 aromatic heterocycles. The number of hydrogen-bond donors (Lipinski definition) is 1. The van der Waals surface area contributed by atoms with Gasteiger partial charge in [0.15, 0.2) is 5.75 Å². The topological polar surface area (TPSA) is 121 Å². The largest absolute Gasteiger partial charge is 0.490 e. The first kappa shape index (κ1) is 28.1. The van der Waals surface area contributed by atoms with Gasteiger partial charge in [-0.3, -0.25) is 0 Å². The Bertz CT molecular complexity index is 1470. The van der Waals surface area contributed by atoms with Gasteiger partial charge in [-0.1, -0.05) is 38.1 Å². The van der Waals surface area contributed by atoms with Crippen LogP contribution in [-0.4, -0.2) is 44.0 Å². The van der Waals surface area contributed by atoms with Crippen LogP contribution in [0.3, 0.4) is 0 Å². The molecule has 4 aromatic rings.